The van der Waals surface area contributed by atoms with Gasteiger partial charge in [0.2, 0.25) is 5.78 Å². The second kappa shape index (κ2) is 5.16. The maximum absolute atomic E-state index is 12.8. The van der Waals surface area contributed by atoms with E-state index in [2.05, 4.69) is 4.99 Å². The lowest BCUT2D eigenvalue weighted by molar-refractivity contribution is 0.103. The number of Topliss-reactive ketones (excluding diaryl/α,β-unsaturated/α-hetero) is 1. The first kappa shape index (κ1) is 14.1. The van der Waals surface area contributed by atoms with Crippen LogP contribution in [-0.4, -0.2) is 23.7 Å². The Morgan fingerprint density at radius 1 is 1.48 bits per heavy atom. The fourth-order valence-electron chi connectivity index (χ4n) is 2.45. The van der Waals surface area contributed by atoms with Gasteiger partial charge < -0.3 is 9.84 Å². The average Bonchev–Trinajstić information content (AvgIpc) is 3.01. The predicted octanol–water partition coefficient (Wildman–Crippen LogP) is 3.79. The van der Waals surface area contributed by atoms with Gasteiger partial charge in [-0.05, 0) is 25.1 Å². The molecule has 1 aliphatic heterocycles. The quantitative estimate of drug-likeness (QED) is 0.862. The largest absolute Gasteiger partial charge is 0.499 e. The first-order valence-corrected chi connectivity index (χ1v) is 7.47. The summed E-state index contributed by atoms with van der Waals surface area (Å²) in [5.41, 5.74) is 2.78. The molecule has 1 aliphatic carbocycles. The van der Waals surface area contributed by atoms with Crippen LogP contribution in [0.15, 0.2) is 50.8 Å². The second-order valence-corrected chi connectivity index (χ2v) is 6.23. The molecule has 0 spiro atoms. The Hall–Kier alpha value is -1.85. The third kappa shape index (κ3) is 2.32. The molecule has 1 aromatic heterocycles. The number of rotatable bonds is 3. The van der Waals surface area contributed by atoms with Crippen molar-refractivity contribution in [3.8, 4) is 5.06 Å². The van der Waals surface area contributed by atoms with Gasteiger partial charge in [-0.25, -0.2) is 0 Å². The minimum absolute atomic E-state index is 0.0980. The van der Waals surface area contributed by atoms with Gasteiger partial charge in [-0.15, -0.1) is 0 Å². The number of aliphatic imine (C=N–C) groups is 1. The first-order chi connectivity index (χ1) is 10.0. The third-order valence-electron chi connectivity index (χ3n) is 3.29. The summed E-state index contributed by atoms with van der Waals surface area (Å²) in [6.45, 7) is 1.87. The van der Waals surface area contributed by atoms with Gasteiger partial charge in [-0.3, -0.25) is 9.79 Å². The lowest BCUT2D eigenvalue weighted by Crippen LogP contribution is -2.18. The fourth-order valence-corrected chi connectivity index (χ4v) is 3.44. The van der Waals surface area contributed by atoms with Crippen molar-refractivity contribution in [1.29, 1.82) is 0 Å². The Bertz CT molecular complexity index is 768. The van der Waals surface area contributed by atoms with Gasteiger partial charge in [0.05, 0.1) is 28.3 Å². The van der Waals surface area contributed by atoms with Gasteiger partial charge in [-0.1, -0.05) is 22.9 Å². The van der Waals surface area contributed by atoms with Crippen LogP contribution in [-0.2, 0) is 4.74 Å². The molecule has 3 rings (SSSR count). The number of hydrogen-bond acceptors (Lipinski definition) is 5. The summed E-state index contributed by atoms with van der Waals surface area (Å²) in [5, 5.41) is 10.0. The molecule has 1 aromatic rings. The zero-order valence-corrected chi connectivity index (χ0v) is 13.0. The molecule has 0 amide bonds. The van der Waals surface area contributed by atoms with Gasteiger partial charge in [0.25, 0.3) is 0 Å². The smallest absolute Gasteiger partial charge is 0.207 e. The highest BCUT2D eigenvalue weighted by Crippen LogP contribution is 2.38. The van der Waals surface area contributed by atoms with Crippen molar-refractivity contribution in [3.05, 3.63) is 50.7 Å². The van der Waals surface area contributed by atoms with E-state index < -0.39 is 0 Å². The molecular formula is C15H12ClNO3S. The van der Waals surface area contributed by atoms with E-state index in [0.29, 0.717) is 27.7 Å². The van der Waals surface area contributed by atoms with Crippen molar-refractivity contribution in [3.63, 3.8) is 0 Å². The normalized spacial score (nSPS) is 17.7. The van der Waals surface area contributed by atoms with Crippen molar-refractivity contribution in [2.75, 3.05) is 7.11 Å². The predicted molar refractivity (Wildman–Crippen MR) is 83.0 cm³/mol. The Kier molecular flexibility index (Phi) is 3.47. The highest BCUT2D eigenvalue weighted by atomic mass is 35.5. The SMILES string of the molecule is COC1=C(Cl)CC2=NC(C)=CC2=C1C(=O)c1ccc(O)s1. The number of hydrogen-bond donors (Lipinski definition) is 1. The number of methoxy groups -OCH3 is 1. The van der Waals surface area contributed by atoms with E-state index >= 15 is 0 Å². The third-order valence-corrected chi connectivity index (χ3v) is 4.48. The molecule has 0 radical (unpaired) electrons. The van der Waals surface area contributed by atoms with E-state index in [1.165, 1.54) is 13.2 Å². The van der Waals surface area contributed by atoms with E-state index in [9.17, 15) is 9.90 Å². The molecule has 4 nitrogen and oxygen atoms in total. The van der Waals surface area contributed by atoms with Crippen molar-refractivity contribution >= 4 is 34.4 Å². The highest BCUT2D eigenvalue weighted by Gasteiger charge is 2.33. The minimum Gasteiger partial charge on any atom is -0.499 e. The van der Waals surface area contributed by atoms with Gasteiger partial charge >= 0.3 is 0 Å². The lowest BCUT2D eigenvalue weighted by atomic mass is 9.91. The molecule has 0 saturated carbocycles. The Morgan fingerprint density at radius 3 is 2.86 bits per heavy atom. The summed E-state index contributed by atoms with van der Waals surface area (Å²) in [4.78, 5) is 17.6. The summed E-state index contributed by atoms with van der Waals surface area (Å²) < 4.78 is 5.34. The molecule has 2 aliphatic rings. The molecule has 0 unspecified atom stereocenters. The average molecular weight is 322 g/mol. The van der Waals surface area contributed by atoms with Crippen LogP contribution in [0.2, 0.25) is 0 Å². The number of allylic oxidation sites excluding steroid dienone is 5. The number of ether oxygens (including phenoxy) is 1. The van der Waals surface area contributed by atoms with Crippen molar-refractivity contribution in [2.45, 2.75) is 13.3 Å². The van der Waals surface area contributed by atoms with Crippen LogP contribution in [0.25, 0.3) is 0 Å². The van der Waals surface area contributed by atoms with E-state index in [-0.39, 0.29) is 10.8 Å². The van der Waals surface area contributed by atoms with E-state index in [0.717, 1.165) is 28.3 Å². The molecule has 0 atom stereocenters. The van der Waals surface area contributed by atoms with Crippen LogP contribution < -0.4 is 0 Å². The number of carbonyl (C=O) groups is 1. The van der Waals surface area contributed by atoms with E-state index in [1.54, 1.807) is 6.07 Å². The van der Waals surface area contributed by atoms with Gasteiger partial charge in [0.1, 0.15) is 5.76 Å². The summed E-state index contributed by atoms with van der Waals surface area (Å²) in [7, 11) is 1.49. The van der Waals surface area contributed by atoms with Crippen LogP contribution in [0, 0.1) is 0 Å². The zero-order chi connectivity index (χ0) is 15.1. The number of halogens is 1. The lowest BCUT2D eigenvalue weighted by Gasteiger charge is -2.20. The fraction of sp³-hybridized carbons (Fsp3) is 0.200. The van der Waals surface area contributed by atoms with Crippen molar-refractivity contribution in [1.82, 2.24) is 0 Å². The first-order valence-electron chi connectivity index (χ1n) is 6.28. The molecule has 0 saturated heterocycles. The maximum atomic E-state index is 12.8. The van der Waals surface area contributed by atoms with Crippen LogP contribution in [0.5, 0.6) is 5.06 Å². The van der Waals surface area contributed by atoms with E-state index in [1.807, 2.05) is 13.0 Å². The number of fused-ring (bicyclic) bond motifs is 1. The summed E-state index contributed by atoms with van der Waals surface area (Å²) in [6, 6.07) is 3.09. The van der Waals surface area contributed by atoms with Crippen LogP contribution in [0.3, 0.4) is 0 Å². The molecule has 21 heavy (non-hydrogen) atoms. The number of nitrogens with zero attached hydrogens (tertiary/aromatic N) is 1. The molecule has 0 fully saturated rings. The summed E-state index contributed by atoms with van der Waals surface area (Å²) in [5.74, 6) is 0.165. The number of aromatic hydroxyl groups is 1. The van der Waals surface area contributed by atoms with Crippen LogP contribution in [0.1, 0.15) is 23.0 Å². The number of thiophene rings is 1. The monoisotopic (exact) mass is 321 g/mol. The molecule has 0 bridgehead atoms. The molecular weight excluding hydrogens is 310 g/mol. The van der Waals surface area contributed by atoms with Crippen molar-refractivity contribution < 1.29 is 14.6 Å². The molecule has 108 valence electrons. The zero-order valence-electron chi connectivity index (χ0n) is 11.4. The topological polar surface area (TPSA) is 58.9 Å². The molecule has 0 aromatic carbocycles. The number of ketones is 1. The van der Waals surface area contributed by atoms with Crippen molar-refractivity contribution in [2.24, 2.45) is 4.99 Å². The molecule has 2 heterocycles. The summed E-state index contributed by atoms with van der Waals surface area (Å²) in [6.07, 6.45) is 2.32. The Morgan fingerprint density at radius 2 is 2.24 bits per heavy atom. The second-order valence-electron chi connectivity index (χ2n) is 4.71. The maximum Gasteiger partial charge on any atom is 0.207 e. The van der Waals surface area contributed by atoms with Gasteiger partial charge in [0, 0.05) is 17.7 Å². The molecule has 6 heteroatoms. The highest BCUT2D eigenvalue weighted by molar-refractivity contribution is 7.15. The Labute approximate surface area is 130 Å². The standard InChI is InChI=1S/C15H12ClNO3S/c1-7-5-8-10(17-7)6-9(16)15(20-2)13(8)14(19)11-3-4-12(18)21-11/h3-5,18H,6H2,1-2H3. The number of carbonyl (C=O) groups excluding carboxylic acids is 1. The van der Waals surface area contributed by atoms with Gasteiger partial charge in [-0.2, -0.15) is 0 Å². The van der Waals surface area contributed by atoms with Gasteiger partial charge in [0.15, 0.2) is 5.06 Å². The van der Waals surface area contributed by atoms with Crippen LogP contribution in [0.4, 0.5) is 0 Å². The Balaban J connectivity index is 2.17. The minimum atomic E-state index is -0.219. The van der Waals surface area contributed by atoms with Crippen LogP contribution >= 0.6 is 22.9 Å². The molecule has 1 N–H and O–H groups in total. The van der Waals surface area contributed by atoms with E-state index in [4.69, 9.17) is 16.3 Å². The summed E-state index contributed by atoms with van der Waals surface area (Å²) >= 11 is 7.28.